The van der Waals surface area contributed by atoms with Gasteiger partial charge in [-0.25, -0.2) is 4.79 Å². The predicted octanol–water partition coefficient (Wildman–Crippen LogP) is 2.14. The van der Waals surface area contributed by atoms with Gasteiger partial charge in [-0.3, -0.25) is 0 Å². The quantitative estimate of drug-likeness (QED) is 0.734. The van der Waals surface area contributed by atoms with Crippen LogP contribution in [0.1, 0.15) is 46.5 Å². The van der Waals surface area contributed by atoms with Crippen molar-refractivity contribution in [3.8, 4) is 0 Å². The molecule has 0 aromatic carbocycles. The Balaban J connectivity index is 0.000000218. The van der Waals surface area contributed by atoms with Crippen LogP contribution < -0.4 is 5.73 Å². The van der Waals surface area contributed by atoms with E-state index in [1.807, 2.05) is 20.8 Å². The van der Waals surface area contributed by atoms with E-state index >= 15 is 0 Å². The summed E-state index contributed by atoms with van der Waals surface area (Å²) in [4.78, 5) is 13.1. The molecule has 0 aromatic heterocycles. The van der Waals surface area contributed by atoms with Gasteiger partial charge in [-0.2, -0.15) is 0 Å². The molecule has 0 spiro atoms. The number of ether oxygens (including phenoxy) is 2. The summed E-state index contributed by atoms with van der Waals surface area (Å²) in [6.07, 6.45) is 4.14. The first kappa shape index (κ1) is 16.2. The maximum absolute atomic E-state index is 11.4. The Morgan fingerprint density at radius 2 is 1.74 bits per heavy atom. The van der Waals surface area contributed by atoms with E-state index in [0.29, 0.717) is 6.04 Å². The Bertz CT molecular complexity index is 264. The van der Waals surface area contributed by atoms with Crippen molar-refractivity contribution in [2.75, 3.05) is 26.3 Å². The minimum atomic E-state index is -0.361. The number of nitrogens with two attached hydrogens (primary N) is 1. The van der Waals surface area contributed by atoms with E-state index in [4.69, 9.17) is 15.2 Å². The zero-order valence-electron chi connectivity index (χ0n) is 12.5. The zero-order chi connectivity index (χ0) is 14.3. The van der Waals surface area contributed by atoms with E-state index < -0.39 is 0 Å². The number of hydrogen-bond acceptors (Lipinski definition) is 4. The highest BCUT2D eigenvalue weighted by Crippen LogP contribution is 2.14. The molecule has 0 aliphatic carbocycles. The monoisotopic (exact) mass is 272 g/mol. The molecule has 112 valence electrons. The Morgan fingerprint density at radius 1 is 1.21 bits per heavy atom. The van der Waals surface area contributed by atoms with E-state index in [2.05, 4.69) is 0 Å². The molecule has 1 amide bonds. The molecule has 2 fully saturated rings. The second-order valence-electron chi connectivity index (χ2n) is 6.12. The fraction of sp³-hybridized carbons (Fsp3) is 0.929. The van der Waals surface area contributed by atoms with Crippen molar-refractivity contribution in [2.45, 2.75) is 58.1 Å². The van der Waals surface area contributed by atoms with Crippen LogP contribution in [0.5, 0.6) is 0 Å². The predicted molar refractivity (Wildman–Crippen MR) is 75.1 cm³/mol. The number of carbonyl (C=O) groups excluding carboxylic acids is 1. The molecule has 5 nitrogen and oxygen atoms in total. The molecule has 19 heavy (non-hydrogen) atoms. The van der Waals surface area contributed by atoms with Gasteiger partial charge in [0.05, 0.1) is 0 Å². The van der Waals surface area contributed by atoms with Crippen LogP contribution in [0.25, 0.3) is 0 Å². The lowest BCUT2D eigenvalue weighted by Crippen LogP contribution is -2.34. The van der Waals surface area contributed by atoms with Crippen molar-refractivity contribution in [3.05, 3.63) is 0 Å². The normalized spacial score (nSPS) is 20.7. The van der Waals surface area contributed by atoms with E-state index in [1.165, 1.54) is 0 Å². The highest BCUT2D eigenvalue weighted by molar-refractivity contribution is 5.68. The van der Waals surface area contributed by atoms with Crippen LogP contribution >= 0.6 is 0 Å². The van der Waals surface area contributed by atoms with Gasteiger partial charge in [-0.1, -0.05) is 0 Å². The molecule has 5 heteroatoms. The Morgan fingerprint density at radius 3 is 2.11 bits per heavy atom. The van der Waals surface area contributed by atoms with Crippen molar-refractivity contribution < 1.29 is 14.3 Å². The largest absolute Gasteiger partial charge is 0.444 e. The number of amides is 1. The molecule has 2 rings (SSSR count). The summed E-state index contributed by atoms with van der Waals surface area (Å²) in [5, 5.41) is 0. The van der Waals surface area contributed by atoms with Crippen molar-refractivity contribution >= 4 is 6.09 Å². The summed E-state index contributed by atoms with van der Waals surface area (Å²) < 4.78 is 10.3. The van der Waals surface area contributed by atoms with Gasteiger partial charge in [-0.15, -0.1) is 0 Å². The van der Waals surface area contributed by atoms with E-state index in [9.17, 15) is 4.79 Å². The summed E-state index contributed by atoms with van der Waals surface area (Å²) in [5.74, 6) is 0. The van der Waals surface area contributed by atoms with Crippen LogP contribution in [0.3, 0.4) is 0 Å². The Kier molecular flexibility index (Phi) is 6.58. The number of nitrogens with zero attached hydrogens (tertiary/aromatic N) is 1. The van der Waals surface area contributed by atoms with Crippen LogP contribution in [0.2, 0.25) is 0 Å². The first-order valence-corrected chi connectivity index (χ1v) is 7.20. The first-order valence-electron chi connectivity index (χ1n) is 7.20. The molecule has 0 radical (unpaired) electrons. The van der Waals surface area contributed by atoms with E-state index in [0.717, 1.165) is 52.0 Å². The van der Waals surface area contributed by atoms with Gasteiger partial charge in [0.25, 0.3) is 0 Å². The summed E-state index contributed by atoms with van der Waals surface area (Å²) in [5.41, 5.74) is 5.19. The van der Waals surface area contributed by atoms with Crippen LogP contribution in [-0.2, 0) is 9.47 Å². The van der Waals surface area contributed by atoms with E-state index in [-0.39, 0.29) is 11.7 Å². The Hall–Kier alpha value is -0.810. The third kappa shape index (κ3) is 7.38. The second-order valence-corrected chi connectivity index (χ2v) is 6.12. The lowest BCUT2D eigenvalue weighted by atomic mass is 10.1. The molecule has 2 aliphatic heterocycles. The van der Waals surface area contributed by atoms with Crippen molar-refractivity contribution in [2.24, 2.45) is 5.73 Å². The van der Waals surface area contributed by atoms with Crippen LogP contribution in [0, 0.1) is 0 Å². The highest BCUT2D eigenvalue weighted by atomic mass is 16.6. The number of rotatable bonds is 0. The average molecular weight is 272 g/mol. The first-order chi connectivity index (χ1) is 8.88. The van der Waals surface area contributed by atoms with Crippen molar-refractivity contribution in [1.82, 2.24) is 4.90 Å². The SMILES string of the molecule is CC(C)(C)OC(=O)N1CCCC1.NC1CCOCC1. The van der Waals surface area contributed by atoms with Gasteiger partial charge in [0.2, 0.25) is 0 Å². The second kappa shape index (κ2) is 7.70. The topological polar surface area (TPSA) is 64.8 Å². The molecule has 2 saturated heterocycles. The van der Waals surface area contributed by atoms with Gasteiger partial charge < -0.3 is 20.1 Å². The molecular formula is C14H28N2O3. The molecular weight excluding hydrogens is 244 g/mol. The molecule has 0 bridgehead atoms. The summed E-state index contributed by atoms with van der Waals surface area (Å²) in [7, 11) is 0. The Labute approximate surface area is 116 Å². The summed E-state index contributed by atoms with van der Waals surface area (Å²) in [6, 6.07) is 0.411. The van der Waals surface area contributed by atoms with Crippen LogP contribution in [0.15, 0.2) is 0 Å². The maximum atomic E-state index is 11.4. The molecule has 2 N–H and O–H groups in total. The lowest BCUT2D eigenvalue weighted by Gasteiger charge is -2.23. The molecule has 0 saturated carbocycles. The van der Waals surface area contributed by atoms with Crippen molar-refractivity contribution in [3.63, 3.8) is 0 Å². The van der Waals surface area contributed by atoms with Gasteiger partial charge in [0, 0.05) is 32.3 Å². The molecule has 0 aromatic rings. The van der Waals surface area contributed by atoms with Gasteiger partial charge in [0.15, 0.2) is 0 Å². The molecule has 2 heterocycles. The molecule has 0 atom stereocenters. The minimum absolute atomic E-state index is 0.167. The zero-order valence-corrected chi connectivity index (χ0v) is 12.5. The number of carbonyl (C=O) groups is 1. The average Bonchev–Trinajstić information content (AvgIpc) is 2.82. The van der Waals surface area contributed by atoms with Crippen molar-refractivity contribution in [1.29, 1.82) is 0 Å². The van der Waals surface area contributed by atoms with Crippen LogP contribution in [0.4, 0.5) is 4.79 Å². The molecule has 2 aliphatic rings. The molecule has 0 unspecified atom stereocenters. The van der Waals surface area contributed by atoms with E-state index in [1.54, 1.807) is 4.90 Å². The maximum Gasteiger partial charge on any atom is 0.410 e. The fourth-order valence-electron chi connectivity index (χ4n) is 1.94. The smallest absolute Gasteiger partial charge is 0.410 e. The number of hydrogen-bond donors (Lipinski definition) is 1. The van der Waals surface area contributed by atoms with Gasteiger partial charge in [-0.05, 0) is 46.5 Å². The number of likely N-dealkylation sites (tertiary alicyclic amines) is 1. The third-order valence-corrected chi connectivity index (χ3v) is 3.02. The summed E-state index contributed by atoms with van der Waals surface area (Å²) >= 11 is 0. The highest BCUT2D eigenvalue weighted by Gasteiger charge is 2.23. The summed E-state index contributed by atoms with van der Waals surface area (Å²) in [6.45, 7) is 9.11. The minimum Gasteiger partial charge on any atom is -0.444 e. The van der Waals surface area contributed by atoms with Gasteiger partial charge >= 0.3 is 6.09 Å². The third-order valence-electron chi connectivity index (χ3n) is 3.02. The van der Waals surface area contributed by atoms with Gasteiger partial charge in [0.1, 0.15) is 5.60 Å². The fourth-order valence-corrected chi connectivity index (χ4v) is 1.94. The standard InChI is InChI=1S/C9H17NO2.C5H11NO/c1-9(2,3)12-8(11)10-6-4-5-7-10;6-5-1-3-7-4-2-5/h4-7H2,1-3H3;5H,1-4,6H2. The lowest BCUT2D eigenvalue weighted by molar-refractivity contribution is 0.0295. The van der Waals surface area contributed by atoms with Crippen LogP contribution in [-0.4, -0.2) is 48.9 Å².